The molecule has 33 heavy (non-hydrogen) atoms. The summed E-state index contributed by atoms with van der Waals surface area (Å²) in [5, 5.41) is 11.1. The molecule has 1 amide bonds. The molecule has 0 bridgehead atoms. The fourth-order valence-corrected chi connectivity index (χ4v) is 3.84. The number of rotatable bonds is 5. The van der Waals surface area contributed by atoms with Crippen molar-refractivity contribution in [2.45, 2.75) is 38.8 Å². The third-order valence-corrected chi connectivity index (χ3v) is 5.50. The Morgan fingerprint density at radius 1 is 1.09 bits per heavy atom. The summed E-state index contributed by atoms with van der Waals surface area (Å²) < 4.78 is 59.2. The van der Waals surface area contributed by atoms with Gasteiger partial charge in [0.15, 0.2) is 0 Å². The number of benzene rings is 2. The van der Waals surface area contributed by atoms with E-state index >= 15 is 0 Å². The van der Waals surface area contributed by atoms with Gasteiger partial charge in [-0.2, -0.15) is 13.2 Å². The van der Waals surface area contributed by atoms with Crippen molar-refractivity contribution in [2.24, 2.45) is 0 Å². The highest BCUT2D eigenvalue weighted by atomic mass is 19.4. The molecule has 0 unspecified atom stereocenters. The van der Waals surface area contributed by atoms with Gasteiger partial charge >= 0.3 is 12.1 Å². The minimum atomic E-state index is -4.70. The van der Waals surface area contributed by atoms with Crippen molar-refractivity contribution >= 4 is 17.6 Å². The van der Waals surface area contributed by atoms with Crippen molar-refractivity contribution in [3.63, 3.8) is 0 Å². The van der Waals surface area contributed by atoms with Crippen molar-refractivity contribution < 1.29 is 31.9 Å². The predicted octanol–water partition coefficient (Wildman–Crippen LogP) is 5.57. The number of methoxy groups -OCH3 is 1. The van der Waals surface area contributed by atoms with Crippen molar-refractivity contribution in [1.82, 2.24) is 5.32 Å². The Hall–Kier alpha value is -3.49. The summed E-state index contributed by atoms with van der Waals surface area (Å²) >= 11 is 0. The van der Waals surface area contributed by atoms with E-state index in [1.54, 1.807) is 0 Å². The number of alkyl halides is 3. The molecule has 3 rings (SSSR count). The van der Waals surface area contributed by atoms with Gasteiger partial charge in [0.1, 0.15) is 5.82 Å². The molecule has 0 aliphatic heterocycles. The highest BCUT2D eigenvalue weighted by Gasteiger charge is 2.36. The van der Waals surface area contributed by atoms with Gasteiger partial charge in [-0.3, -0.25) is 10.2 Å². The second-order valence-corrected chi connectivity index (χ2v) is 7.67. The first-order chi connectivity index (χ1) is 15.5. The van der Waals surface area contributed by atoms with Gasteiger partial charge in [0.2, 0.25) is 0 Å². The summed E-state index contributed by atoms with van der Waals surface area (Å²) in [7, 11) is 1.12. The van der Waals surface area contributed by atoms with Crippen LogP contribution in [0.15, 0.2) is 47.7 Å². The van der Waals surface area contributed by atoms with Crippen LogP contribution in [0.25, 0.3) is 0 Å². The Balaban J connectivity index is 1.96. The Morgan fingerprint density at radius 3 is 2.42 bits per heavy atom. The number of nitrogens with one attached hydrogen (secondary N) is 2. The molecule has 0 heterocycles. The molecule has 9 heteroatoms. The SMILES string of the molecule is COC(=O)c1ccc(C(=N)C2=C(NC(=O)c3c(C)cccc3C(F)(F)F)CCCC2)cc1F. The topological polar surface area (TPSA) is 79.2 Å². The number of carbonyl (C=O) groups excluding carboxylic acids is 2. The van der Waals surface area contributed by atoms with E-state index in [2.05, 4.69) is 10.1 Å². The van der Waals surface area contributed by atoms with E-state index in [-0.39, 0.29) is 22.4 Å². The zero-order valence-electron chi connectivity index (χ0n) is 18.0. The van der Waals surface area contributed by atoms with E-state index in [1.807, 2.05) is 0 Å². The molecule has 5 nitrogen and oxygen atoms in total. The van der Waals surface area contributed by atoms with E-state index in [1.165, 1.54) is 31.2 Å². The van der Waals surface area contributed by atoms with Crippen molar-refractivity contribution in [3.05, 3.63) is 81.3 Å². The highest BCUT2D eigenvalue weighted by molar-refractivity contribution is 6.12. The van der Waals surface area contributed by atoms with Crippen LogP contribution in [0.5, 0.6) is 0 Å². The van der Waals surface area contributed by atoms with E-state index in [0.29, 0.717) is 37.0 Å². The molecule has 0 saturated carbocycles. The Kier molecular flexibility index (Phi) is 7.00. The number of aryl methyl sites for hydroxylation is 1. The first-order valence-corrected chi connectivity index (χ1v) is 10.2. The standard InChI is InChI=1S/C24H22F4N2O3/c1-13-6-5-8-17(24(26,27)28)20(13)22(31)30-19-9-4-3-7-16(19)21(29)14-10-11-15(18(25)12-14)23(32)33-2/h5-6,8,10-12,29H,3-4,7,9H2,1-2H3,(H,30,31). The van der Waals surface area contributed by atoms with E-state index in [0.717, 1.165) is 19.2 Å². The number of carbonyl (C=O) groups is 2. The third-order valence-electron chi connectivity index (χ3n) is 5.50. The molecule has 2 aromatic rings. The van der Waals surface area contributed by atoms with E-state index in [9.17, 15) is 27.2 Å². The summed E-state index contributed by atoms with van der Waals surface area (Å²) in [4.78, 5) is 24.5. The molecule has 0 aromatic heterocycles. The Morgan fingerprint density at radius 2 is 1.79 bits per heavy atom. The van der Waals surface area contributed by atoms with E-state index < -0.39 is 35.0 Å². The fourth-order valence-electron chi connectivity index (χ4n) is 3.84. The summed E-state index contributed by atoms with van der Waals surface area (Å²) in [6.45, 7) is 1.42. The third kappa shape index (κ3) is 5.13. The van der Waals surface area contributed by atoms with Crippen LogP contribution in [-0.2, 0) is 10.9 Å². The summed E-state index contributed by atoms with van der Waals surface area (Å²) in [5.41, 5.74) is -0.741. The molecule has 0 fully saturated rings. The van der Waals surface area contributed by atoms with Crippen LogP contribution in [0, 0.1) is 18.2 Å². The van der Waals surface area contributed by atoms with Crippen molar-refractivity contribution in [3.8, 4) is 0 Å². The lowest BCUT2D eigenvalue weighted by molar-refractivity contribution is -0.138. The molecule has 1 aliphatic rings. The largest absolute Gasteiger partial charge is 0.465 e. The summed E-state index contributed by atoms with van der Waals surface area (Å²) in [5.74, 6) is -2.62. The maximum atomic E-state index is 14.4. The van der Waals surface area contributed by atoms with Crippen LogP contribution in [0.1, 0.15) is 63.1 Å². The lowest BCUT2D eigenvalue weighted by Gasteiger charge is -2.23. The zero-order chi connectivity index (χ0) is 24.3. The number of hydrogen-bond donors (Lipinski definition) is 2. The number of ether oxygens (including phenoxy) is 1. The van der Waals surface area contributed by atoms with Crippen molar-refractivity contribution in [2.75, 3.05) is 7.11 Å². The molecule has 0 radical (unpaired) electrons. The highest BCUT2D eigenvalue weighted by Crippen LogP contribution is 2.34. The van der Waals surface area contributed by atoms with Crippen LogP contribution >= 0.6 is 0 Å². The maximum Gasteiger partial charge on any atom is 0.417 e. The van der Waals surface area contributed by atoms with Crippen LogP contribution in [0.2, 0.25) is 0 Å². The minimum Gasteiger partial charge on any atom is -0.465 e. The molecule has 2 aromatic carbocycles. The van der Waals surface area contributed by atoms with Crippen LogP contribution in [0.4, 0.5) is 17.6 Å². The quantitative estimate of drug-likeness (QED) is 0.347. The molecule has 174 valence electrons. The summed E-state index contributed by atoms with van der Waals surface area (Å²) in [6, 6.07) is 7.14. The van der Waals surface area contributed by atoms with Gasteiger partial charge in [-0.25, -0.2) is 9.18 Å². The Bertz CT molecular complexity index is 1150. The second kappa shape index (κ2) is 9.56. The number of amides is 1. The van der Waals surface area contributed by atoms with Gasteiger partial charge < -0.3 is 10.1 Å². The van der Waals surface area contributed by atoms with Crippen LogP contribution < -0.4 is 5.32 Å². The maximum absolute atomic E-state index is 14.4. The van der Waals surface area contributed by atoms with Gasteiger partial charge in [-0.05, 0) is 61.9 Å². The number of esters is 1. The van der Waals surface area contributed by atoms with Gasteiger partial charge in [0.25, 0.3) is 5.91 Å². The average Bonchev–Trinajstić information content (AvgIpc) is 2.77. The normalized spacial score (nSPS) is 14.1. The molecule has 2 N–H and O–H groups in total. The van der Waals surface area contributed by atoms with E-state index in [4.69, 9.17) is 5.41 Å². The van der Waals surface area contributed by atoms with Gasteiger partial charge in [-0.15, -0.1) is 0 Å². The average molecular weight is 462 g/mol. The molecule has 0 atom stereocenters. The Labute approximate surface area is 188 Å². The molecule has 0 spiro atoms. The molecular formula is C24H22F4N2O3. The minimum absolute atomic E-state index is 0.0684. The van der Waals surface area contributed by atoms with Crippen LogP contribution in [-0.4, -0.2) is 24.7 Å². The second-order valence-electron chi connectivity index (χ2n) is 7.67. The van der Waals surface area contributed by atoms with Gasteiger partial charge in [0.05, 0.1) is 29.5 Å². The number of allylic oxidation sites excluding steroid dienone is 2. The predicted molar refractivity (Wildman–Crippen MR) is 114 cm³/mol. The van der Waals surface area contributed by atoms with Crippen LogP contribution in [0.3, 0.4) is 0 Å². The number of hydrogen-bond acceptors (Lipinski definition) is 4. The monoisotopic (exact) mass is 462 g/mol. The first kappa shape index (κ1) is 24.2. The first-order valence-electron chi connectivity index (χ1n) is 10.2. The zero-order valence-corrected chi connectivity index (χ0v) is 18.0. The molecular weight excluding hydrogens is 440 g/mol. The lowest BCUT2D eigenvalue weighted by atomic mass is 9.89. The summed E-state index contributed by atoms with van der Waals surface area (Å²) in [6.07, 6.45) is -2.55. The van der Waals surface area contributed by atoms with Gasteiger partial charge in [0, 0.05) is 11.3 Å². The molecule has 0 saturated heterocycles. The fraction of sp³-hybridized carbons (Fsp3) is 0.292. The number of halogens is 4. The lowest BCUT2D eigenvalue weighted by Crippen LogP contribution is -2.30. The smallest absolute Gasteiger partial charge is 0.417 e. The molecule has 1 aliphatic carbocycles. The van der Waals surface area contributed by atoms with Crippen molar-refractivity contribution in [1.29, 1.82) is 5.41 Å². The van der Waals surface area contributed by atoms with Gasteiger partial charge in [-0.1, -0.05) is 18.2 Å².